The number of carbonyl (C=O) groups excluding carboxylic acids is 1. The molecule has 1 aliphatic carbocycles. The van der Waals surface area contributed by atoms with Gasteiger partial charge in [-0.05, 0) is 52.1 Å². The molecule has 25 heavy (non-hydrogen) atoms. The van der Waals surface area contributed by atoms with E-state index >= 15 is 0 Å². The molecule has 0 bridgehead atoms. The molecule has 1 aliphatic rings. The summed E-state index contributed by atoms with van der Waals surface area (Å²) in [6.07, 6.45) is 4.69. The highest BCUT2D eigenvalue weighted by atomic mass is 79.9. The molecule has 1 amide bonds. The Morgan fingerprint density at radius 3 is 2.80 bits per heavy atom. The number of halogens is 1. The van der Waals surface area contributed by atoms with Gasteiger partial charge >= 0.3 is 0 Å². The molecule has 0 saturated carbocycles. The molecule has 1 N–H and O–H groups in total. The molecule has 1 atom stereocenters. The summed E-state index contributed by atoms with van der Waals surface area (Å²) in [5, 5.41) is 17.3. The Labute approximate surface area is 160 Å². The molecule has 0 fully saturated rings. The fraction of sp³-hybridized carbons (Fsp3) is 0.500. The number of nitrogens with zero attached hydrogens (tertiary/aromatic N) is 3. The minimum absolute atomic E-state index is 0.247. The van der Waals surface area contributed by atoms with Crippen LogP contribution in [0.4, 0.5) is 5.00 Å². The zero-order chi connectivity index (χ0) is 18.4. The van der Waals surface area contributed by atoms with Crippen LogP contribution in [0.15, 0.2) is 10.7 Å². The lowest BCUT2D eigenvalue weighted by Crippen LogP contribution is -2.26. The lowest BCUT2D eigenvalue weighted by Gasteiger charge is -2.33. The predicted octanol–water partition coefficient (Wildman–Crippen LogP) is 4.52. The summed E-state index contributed by atoms with van der Waals surface area (Å²) in [4.78, 5) is 13.8. The van der Waals surface area contributed by atoms with Gasteiger partial charge in [-0.1, -0.05) is 20.8 Å². The summed E-state index contributed by atoms with van der Waals surface area (Å²) in [6, 6.07) is 2.29. The zero-order valence-corrected chi connectivity index (χ0v) is 17.2. The average molecular weight is 421 g/mol. The number of aromatic nitrogens is 2. The van der Waals surface area contributed by atoms with Crippen LogP contribution >= 0.6 is 27.3 Å². The molecule has 2 aromatic heterocycles. The number of anilines is 1. The fourth-order valence-electron chi connectivity index (χ4n) is 3.31. The third-order valence-electron chi connectivity index (χ3n) is 4.83. The Kier molecular flexibility index (Phi) is 4.78. The minimum atomic E-state index is -0.296. The van der Waals surface area contributed by atoms with Crippen molar-refractivity contribution in [3.05, 3.63) is 32.4 Å². The van der Waals surface area contributed by atoms with Crippen molar-refractivity contribution in [2.24, 2.45) is 18.4 Å². The van der Waals surface area contributed by atoms with Gasteiger partial charge in [0.15, 0.2) is 5.69 Å². The van der Waals surface area contributed by atoms with E-state index in [4.69, 9.17) is 0 Å². The SMILES string of the molecule is Cn1cc(Br)c(C(=O)Nc2sc3c(c2C#N)CC[C@H](C(C)(C)C)C3)n1. The van der Waals surface area contributed by atoms with Crippen molar-refractivity contribution >= 4 is 38.2 Å². The van der Waals surface area contributed by atoms with Gasteiger partial charge in [0.25, 0.3) is 5.91 Å². The number of hydrogen-bond acceptors (Lipinski definition) is 4. The van der Waals surface area contributed by atoms with E-state index in [0.717, 1.165) is 24.8 Å². The molecule has 0 unspecified atom stereocenters. The van der Waals surface area contributed by atoms with Crippen molar-refractivity contribution in [2.45, 2.75) is 40.0 Å². The summed E-state index contributed by atoms with van der Waals surface area (Å²) in [5.74, 6) is 0.300. The van der Waals surface area contributed by atoms with Crippen LogP contribution in [-0.2, 0) is 19.9 Å². The van der Waals surface area contributed by atoms with Crippen molar-refractivity contribution in [2.75, 3.05) is 5.32 Å². The Balaban J connectivity index is 1.89. The molecule has 2 heterocycles. The van der Waals surface area contributed by atoms with Gasteiger partial charge in [-0.3, -0.25) is 9.48 Å². The summed E-state index contributed by atoms with van der Waals surface area (Å²) < 4.78 is 2.22. The van der Waals surface area contributed by atoms with Crippen molar-refractivity contribution in [1.29, 1.82) is 5.26 Å². The summed E-state index contributed by atoms with van der Waals surface area (Å²) in [6.45, 7) is 6.80. The first-order chi connectivity index (χ1) is 11.7. The zero-order valence-electron chi connectivity index (χ0n) is 14.8. The van der Waals surface area contributed by atoms with Crippen molar-refractivity contribution in [1.82, 2.24) is 9.78 Å². The molecule has 0 aliphatic heterocycles. The number of fused-ring (bicyclic) bond motifs is 1. The number of nitrogens with one attached hydrogen (secondary N) is 1. The summed E-state index contributed by atoms with van der Waals surface area (Å²) >= 11 is 4.89. The molecule has 3 rings (SSSR count). The summed E-state index contributed by atoms with van der Waals surface area (Å²) in [7, 11) is 1.76. The Hall–Kier alpha value is -1.65. The van der Waals surface area contributed by atoms with Crippen molar-refractivity contribution < 1.29 is 4.79 Å². The molecule has 0 aromatic carbocycles. The van der Waals surface area contributed by atoms with Gasteiger partial charge in [0.2, 0.25) is 0 Å². The van der Waals surface area contributed by atoms with Crippen LogP contribution in [-0.4, -0.2) is 15.7 Å². The number of hydrogen-bond donors (Lipinski definition) is 1. The van der Waals surface area contributed by atoms with E-state index in [1.54, 1.807) is 17.9 Å². The third kappa shape index (κ3) is 3.51. The van der Waals surface area contributed by atoms with Crippen LogP contribution in [0.1, 0.15) is 53.7 Å². The predicted molar refractivity (Wildman–Crippen MR) is 103 cm³/mol. The normalized spacial score (nSPS) is 17.0. The van der Waals surface area contributed by atoms with Crippen LogP contribution in [0, 0.1) is 22.7 Å². The highest BCUT2D eigenvalue weighted by Gasteiger charge is 2.32. The van der Waals surface area contributed by atoms with Crippen LogP contribution in [0.3, 0.4) is 0 Å². The minimum Gasteiger partial charge on any atom is -0.311 e. The maximum atomic E-state index is 12.5. The molecule has 7 heteroatoms. The van der Waals surface area contributed by atoms with Gasteiger partial charge in [0.1, 0.15) is 11.1 Å². The molecule has 132 valence electrons. The molecule has 0 spiro atoms. The molecule has 2 aromatic rings. The second-order valence-corrected chi connectivity index (χ2v) is 9.54. The number of thiophene rings is 1. The van der Waals surface area contributed by atoms with Crippen molar-refractivity contribution in [3.8, 4) is 6.07 Å². The van der Waals surface area contributed by atoms with E-state index in [1.807, 2.05) is 0 Å². The smallest absolute Gasteiger partial charge is 0.277 e. The van der Waals surface area contributed by atoms with Crippen LogP contribution < -0.4 is 5.32 Å². The Morgan fingerprint density at radius 2 is 2.24 bits per heavy atom. The monoisotopic (exact) mass is 420 g/mol. The largest absolute Gasteiger partial charge is 0.311 e. The summed E-state index contributed by atoms with van der Waals surface area (Å²) in [5.41, 5.74) is 2.30. The standard InChI is InChI=1S/C18H21BrN4OS/c1-18(2,3)10-5-6-11-12(8-20)17(25-14(11)7-10)21-16(24)15-13(19)9-23(4)22-15/h9-10H,5-7H2,1-4H3,(H,21,24)/t10-/m0/s1. The molecule has 0 saturated heterocycles. The topological polar surface area (TPSA) is 70.7 Å². The van der Waals surface area contributed by atoms with Gasteiger partial charge < -0.3 is 5.32 Å². The Morgan fingerprint density at radius 1 is 1.52 bits per heavy atom. The fourth-order valence-corrected chi connectivity index (χ4v) is 5.14. The quantitative estimate of drug-likeness (QED) is 0.775. The van der Waals surface area contributed by atoms with E-state index in [2.05, 4.69) is 53.2 Å². The lowest BCUT2D eigenvalue weighted by atomic mass is 9.72. The number of nitriles is 1. The van der Waals surface area contributed by atoms with Gasteiger partial charge in [0.05, 0.1) is 10.0 Å². The maximum absolute atomic E-state index is 12.5. The van der Waals surface area contributed by atoms with Gasteiger partial charge in [-0.25, -0.2) is 0 Å². The van der Waals surface area contributed by atoms with E-state index in [-0.39, 0.29) is 11.3 Å². The second kappa shape index (κ2) is 6.58. The first kappa shape index (κ1) is 18.2. The average Bonchev–Trinajstić information content (AvgIpc) is 3.04. The first-order valence-electron chi connectivity index (χ1n) is 8.25. The molecule has 0 radical (unpaired) electrons. The lowest BCUT2D eigenvalue weighted by molar-refractivity contribution is 0.102. The highest BCUT2D eigenvalue weighted by molar-refractivity contribution is 9.10. The van der Waals surface area contributed by atoms with Crippen molar-refractivity contribution in [3.63, 3.8) is 0 Å². The number of carbonyl (C=O) groups is 1. The van der Waals surface area contributed by atoms with E-state index in [0.29, 0.717) is 26.6 Å². The maximum Gasteiger partial charge on any atom is 0.277 e. The van der Waals surface area contributed by atoms with Crippen LogP contribution in [0.5, 0.6) is 0 Å². The molecular weight excluding hydrogens is 400 g/mol. The van der Waals surface area contributed by atoms with Crippen LogP contribution in [0.25, 0.3) is 0 Å². The number of rotatable bonds is 2. The Bertz CT molecular complexity index is 869. The third-order valence-corrected chi connectivity index (χ3v) is 6.58. The second-order valence-electron chi connectivity index (χ2n) is 7.58. The first-order valence-corrected chi connectivity index (χ1v) is 9.86. The number of aryl methyl sites for hydroxylation is 1. The highest BCUT2D eigenvalue weighted by Crippen LogP contribution is 2.44. The van der Waals surface area contributed by atoms with E-state index in [9.17, 15) is 10.1 Å². The van der Waals surface area contributed by atoms with Crippen LogP contribution in [0.2, 0.25) is 0 Å². The van der Waals surface area contributed by atoms with E-state index in [1.165, 1.54) is 16.2 Å². The molecule has 5 nitrogen and oxygen atoms in total. The van der Waals surface area contributed by atoms with Gasteiger partial charge in [0, 0.05) is 18.1 Å². The number of amides is 1. The molecular formula is C18H21BrN4OS. The van der Waals surface area contributed by atoms with Gasteiger partial charge in [-0.15, -0.1) is 11.3 Å². The van der Waals surface area contributed by atoms with Gasteiger partial charge in [-0.2, -0.15) is 10.4 Å². The van der Waals surface area contributed by atoms with E-state index < -0.39 is 0 Å².